The number of hydrogen-bond acceptors (Lipinski definition) is 3. The summed E-state index contributed by atoms with van der Waals surface area (Å²) in [6, 6.07) is 23.8. The molecule has 0 aromatic heterocycles. The number of methoxy groups -OCH3 is 1. The molecule has 33 heavy (non-hydrogen) atoms. The Bertz CT molecular complexity index is 1090. The number of piperidine rings is 1. The van der Waals surface area contributed by atoms with Crippen LogP contribution in [0.25, 0.3) is 10.8 Å². The molecule has 2 aliphatic rings. The summed E-state index contributed by atoms with van der Waals surface area (Å²) in [4.78, 5) is 18.2. The summed E-state index contributed by atoms with van der Waals surface area (Å²) < 4.78 is 5.35. The van der Waals surface area contributed by atoms with E-state index < -0.39 is 0 Å². The van der Waals surface area contributed by atoms with Crippen LogP contribution in [-0.4, -0.2) is 61.6 Å². The van der Waals surface area contributed by atoms with E-state index in [-0.39, 0.29) is 5.91 Å². The maximum Gasteiger partial charge on any atom is 0.253 e. The second-order valence-electron chi connectivity index (χ2n) is 9.64. The van der Waals surface area contributed by atoms with E-state index in [1.165, 1.54) is 30.5 Å². The number of carbonyl (C=O) groups excluding carboxylic acids is 1. The van der Waals surface area contributed by atoms with Gasteiger partial charge in [-0.25, -0.2) is 0 Å². The number of fused-ring (bicyclic) bond motifs is 2. The van der Waals surface area contributed by atoms with E-state index in [9.17, 15) is 4.79 Å². The van der Waals surface area contributed by atoms with Crippen molar-refractivity contribution in [2.75, 3.05) is 39.9 Å². The Morgan fingerprint density at radius 3 is 2.48 bits per heavy atom. The quantitative estimate of drug-likeness (QED) is 0.527. The predicted molar refractivity (Wildman–Crippen MR) is 134 cm³/mol. The zero-order chi connectivity index (χ0) is 22.6. The molecule has 5 rings (SSSR count). The lowest BCUT2D eigenvalue weighted by atomic mass is 9.95. The van der Waals surface area contributed by atoms with Gasteiger partial charge in [0.25, 0.3) is 5.91 Å². The van der Waals surface area contributed by atoms with Gasteiger partial charge in [0.2, 0.25) is 0 Å². The minimum Gasteiger partial charge on any atom is -0.383 e. The summed E-state index contributed by atoms with van der Waals surface area (Å²) in [6.07, 6.45) is 4.71. The van der Waals surface area contributed by atoms with Gasteiger partial charge in [-0.05, 0) is 72.2 Å². The smallest absolute Gasteiger partial charge is 0.253 e. The van der Waals surface area contributed by atoms with Gasteiger partial charge in [0.1, 0.15) is 0 Å². The molecule has 0 spiro atoms. The Balaban J connectivity index is 1.27. The van der Waals surface area contributed by atoms with Crippen molar-refractivity contribution in [3.05, 3.63) is 83.4 Å². The summed E-state index contributed by atoms with van der Waals surface area (Å²) in [7, 11) is 1.71. The molecule has 4 heteroatoms. The van der Waals surface area contributed by atoms with Crippen LogP contribution in [0, 0.1) is 5.92 Å². The number of nitrogens with zero attached hydrogens (tertiary/aromatic N) is 2. The van der Waals surface area contributed by atoms with Crippen molar-refractivity contribution in [2.45, 2.75) is 31.7 Å². The number of ether oxygens (including phenoxy) is 1. The number of likely N-dealkylation sites (tertiary alicyclic amines) is 1. The molecule has 1 aliphatic heterocycles. The highest BCUT2D eigenvalue weighted by Gasteiger charge is 2.31. The molecule has 0 unspecified atom stereocenters. The second-order valence-corrected chi connectivity index (χ2v) is 9.64. The van der Waals surface area contributed by atoms with E-state index in [1.807, 2.05) is 29.2 Å². The molecular formula is C29H34N2O2. The Morgan fingerprint density at radius 2 is 1.73 bits per heavy atom. The first-order chi connectivity index (χ1) is 16.2. The van der Waals surface area contributed by atoms with Gasteiger partial charge in [0.05, 0.1) is 6.61 Å². The summed E-state index contributed by atoms with van der Waals surface area (Å²) in [5.74, 6) is 0.618. The third-order valence-corrected chi connectivity index (χ3v) is 7.42. The van der Waals surface area contributed by atoms with Crippen molar-refractivity contribution in [1.82, 2.24) is 9.80 Å². The number of rotatable bonds is 7. The molecule has 3 aromatic carbocycles. The summed E-state index contributed by atoms with van der Waals surface area (Å²) in [6.45, 7) is 4.24. The number of benzene rings is 3. The zero-order valence-corrected chi connectivity index (χ0v) is 19.6. The van der Waals surface area contributed by atoms with E-state index in [0.29, 0.717) is 25.1 Å². The van der Waals surface area contributed by atoms with Crippen LogP contribution in [0.15, 0.2) is 66.7 Å². The Morgan fingerprint density at radius 1 is 1.00 bits per heavy atom. The highest BCUT2D eigenvalue weighted by atomic mass is 16.5. The van der Waals surface area contributed by atoms with Crippen LogP contribution in [0.5, 0.6) is 0 Å². The van der Waals surface area contributed by atoms with Crippen molar-refractivity contribution in [3.63, 3.8) is 0 Å². The molecule has 1 amide bonds. The summed E-state index contributed by atoms with van der Waals surface area (Å²) in [5, 5.41) is 2.28. The summed E-state index contributed by atoms with van der Waals surface area (Å²) in [5.41, 5.74) is 3.79. The SMILES string of the molecule is COCCN(C[C@@H]1CCCN(C2Cc3ccccc3C2)C1)C(=O)c1ccc2ccccc2c1. The first kappa shape index (κ1) is 22.1. The second kappa shape index (κ2) is 10.1. The van der Waals surface area contributed by atoms with Gasteiger partial charge >= 0.3 is 0 Å². The minimum absolute atomic E-state index is 0.114. The fraction of sp³-hybridized carbons (Fsp3) is 0.414. The fourth-order valence-corrected chi connectivity index (χ4v) is 5.67. The Kier molecular flexibility index (Phi) is 6.75. The molecule has 4 nitrogen and oxygen atoms in total. The highest BCUT2D eigenvalue weighted by molar-refractivity contribution is 5.98. The molecule has 1 saturated heterocycles. The molecule has 0 radical (unpaired) electrons. The van der Waals surface area contributed by atoms with Gasteiger partial charge in [-0.2, -0.15) is 0 Å². The van der Waals surface area contributed by atoms with E-state index in [2.05, 4.69) is 47.4 Å². The van der Waals surface area contributed by atoms with Crippen molar-refractivity contribution < 1.29 is 9.53 Å². The van der Waals surface area contributed by atoms with Crippen molar-refractivity contribution in [1.29, 1.82) is 0 Å². The molecule has 3 aromatic rings. The predicted octanol–water partition coefficient (Wildman–Crippen LogP) is 4.81. The molecule has 1 atom stereocenters. The molecular weight excluding hydrogens is 408 g/mol. The average molecular weight is 443 g/mol. The number of amides is 1. The van der Waals surface area contributed by atoms with Crippen LogP contribution in [0.2, 0.25) is 0 Å². The lowest BCUT2D eigenvalue weighted by Crippen LogP contribution is -2.47. The van der Waals surface area contributed by atoms with E-state index in [4.69, 9.17) is 4.74 Å². The van der Waals surface area contributed by atoms with Crippen molar-refractivity contribution in [3.8, 4) is 0 Å². The molecule has 1 fully saturated rings. The normalized spacial score (nSPS) is 19.0. The number of carbonyl (C=O) groups is 1. The first-order valence-corrected chi connectivity index (χ1v) is 12.3. The fourth-order valence-electron chi connectivity index (χ4n) is 5.67. The van der Waals surface area contributed by atoms with Gasteiger partial charge in [-0.1, -0.05) is 54.6 Å². The maximum atomic E-state index is 13.5. The molecule has 0 bridgehead atoms. The molecule has 1 aliphatic carbocycles. The van der Waals surface area contributed by atoms with E-state index in [0.717, 1.165) is 42.3 Å². The molecule has 0 saturated carbocycles. The highest BCUT2D eigenvalue weighted by Crippen LogP contribution is 2.29. The lowest BCUT2D eigenvalue weighted by Gasteiger charge is -2.38. The van der Waals surface area contributed by atoms with Crippen LogP contribution in [0.4, 0.5) is 0 Å². The van der Waals surface area contributed by atoms with Gasteiger partial charge in [-0.15, -0.1) is 0 Å². The maximum absolute atomic E-state index is 13.5. The van der Waals surface area contributed by atoms with Crippen LogP contribution in [0.3, 0.4) is 0 Å². The van der Waals surface area contributed by atoms with Gasteiger partial charge in [-0.3, -0.25) is 9.69 Å². The van der Waals surface area contributed by atoms with Crippen LogP contribution in [0.1, 0.15) is 34.3 Å². The Labute approximate surface area is 197 Å². The number of hydrogen-bond donors (Lipinski definition) is 0. The lowest BCUT2D eigenvalue weighted by molar-refractivity contribution is 0.0573. The molecule has 0 N–H and O–H groups in total. The standard InChI is InChI=1S/C29H34N2O2/c1-33-16-15-31(29(32)27-13-12-23-8-2-3-9-24(23)17-27)21-22-7-6-14-30(20-22)28-18-25-10-4-5-11-26(25)19-28/h2-5,8-13,17,22,28H,6-7,14-16,18-21H2,1H3/t22-/m1/s1. The van der Waals surface area contributed by atoms with Crippen LogP contribution >= 0.6 is 0 Å². The van der Waals surface area contributed by atoms with E-state index in [1.54, 1.807) is 7.11 Å². The van der Waals surface area contributed by atoms with Crippen molar-refractivity contribution >= 4 is 16.7 Å². The monoisotopic (exact) mass is 442 g/mol. The van der Waals surface area contributed by atoms with Gasteiger partial charge in [0.15, 0.2) is 0 Å². The topological polar surface area (TPSA) is 32.8 Å². The largest absolute Gasteiger partial charge is 0.383 e. The molecule has 1 heterocycles. The first-order valence-electron chi connectivity index (χ1n) is 12.3. The van der Waals surface area contributed by atoms with Crippen LogP contribution < -0.4 is 0 Å². The summed E-state index contributed by atoms with van der Waals surface area (Å²) >= 11 is 0. The van der Waals surface area contributed by atoms with Gasteiger partial charge < -0.3 is 9.64 Å². The van der Waals surface area contributed by atoms with E-state index >= 15 is 0 Å². The third-order valence-electron chi connectivity index (χ3n) is 7.42. The third kappa shape index (κ3) is 4.97. The zero-order valence-electron chi connectivity index (χ0n) is 19.6. The van der Waals surface area contributed by atoms with Crippen LogP contribution in [-0.2, 0) is 17.6 Å². The Hall–Kier alpha value is -2.69. The van der Waals surface area contributed by atoms with Gasteiger partial charge in [0, 0.05) is 38.3 Å². The average Bonchev–Trinajstić information content (AvgIpc) is 3.30. The molecule has 172 valence electrons. The van der Waals surface area contributed by atoms with Crippen molar-refractivity contribution in [2.24, 2.45) is 5.92 Å². The minimum atomic E-state index is 0.114.